The van der Waals surface area contributed by atoms with Crippen LogP contribution < -0.4 is 10.6 Å². The van der Waals surface area contributed by atoms with Gasteiger partial charge in [-0.1, -0.05) is 0 Å². The van der Waals surface area contributed by atoms with Crippen LogP contribution in [0.3, 0.4) is 0 Å². The Bertz CT molecular complexity index is 446. The lowest BCUT2D eigenvalue weighted by atomic mass is 10.1. The van der Waals surface area contributed by atoms with E-state index in [2.05, 4.69) is 10.6 Å². The van der Waals surface area contributed by atoms with E-state index >= 15 is 0 Å². The monoisotopic (exact) mass is 283 g/mol. The Hall–Kier alpha value is -2.12. The normalized spacial score (nSPS) is 21.7. The van der Waals surface area contributed by atoms with Gasteiger partial charge in [0.1, 0.15) is 6.54 Å². The van der Waals surface area contributed by atoms with E-state index in [4.69, 9.17) is 5.11 Å². The van der Waals surface area contributed by atoms with Gasteiger partial charge in [-0.2, -0.15) is 0 Å². The van der Waals surface area contributed by atoms with Crippen molar-refractivity contribution in [3.63, 3.8) is 0 Å². The third-order valence-corrected chi connectivity index (χ3v) is 3.38. The molecule has 110 valence electrons. The van der Waals surface area contributed by atoms with Gasteiger partial charge >= 0.3 is 5.97 Å². The molecule has 1 atom stereocenters. The summed E-state index contributed by atoms with van der Waals surface area (Å²) in [6.45, 7) is -0.349. The van der Waals surface area contributed by atoms with Crippen LogP contribution in [0.25, 0.3) is 0 Å². The molecule has 0 aromatic rings. The van der Waals surface area contributed by atoms with E-state index < -0.39 is 24.3 Å². The Labute approximate surface area is 115 Å². The number of nitrogens with one attached hydrogen (secondary N) is 2. The summed E-state index contributed by atoms with van der Waals surface area (Å²) in [6.07, 6.45) is 2.18. The second kappa shape index (κ2) is 5.89. The SMILES string of the molecule is O=C(O)CNC(=O)CNC(=O)C1CC(=O)N(C2CC2)C1. The lowest BCUT2D eigenvalue weighted by molar-refractivity contribution is -0.138. The van der Waals surface area contributed by atoms with E-state index in [0.29, 0.717) is 12.6 Å². The molecule has 3 N–H and O–H groups in total. The highest BCUT2D eigenvalue weighted by atomic mass is 16.4. The number of carboxylic acids is 1. The van der Waals surface area contributed by atoms with Crippen LogP contribution in [0.4, 0.5) is 0 Å². The highest BCUT2D eigenvalue weighted by Gasteiger charge is 2.41. The lowest BCUT2D eigenvalue weighted by Gasteiger charge is -2.15. The molecule has 20 heavy (non-hydrogen) atoms. The van der Waals surface area contributed by atoms with Crippen molar-refractivity contribution in [2.24, 2.45) is 5.92 Å². The first-order valence-corrected chi connectivity index (χ1v) is 6.53. The molecule has 0 aromatic carbocycles. The number of nitrogens with zero attached hydrogens (tertiary/aromatic N) is 1. The molecular formula is C12H17N3O5. The standard InChI is InChI=1S/C12H17N3O5/c16-9(13-5-11(18)19)4-14-12(20)7-3-10(17)15(6-7)8-1-2-8/h7-8H,1-6H2,(H,13,16)(H,14,20)(H,18,19). The molecule has 1 heterocycles. The topological polar surface area (TPSA) is 116 Å². The molecule has 8 heteroatoms. The maximum absolute atomic E-state index is 11.8. The molecule has 1 aliphatic heterocycles. The zero-order chi connectivity index (χ0) is 14.7. The lowest BCUT2D eigenvalue weighted by Crippen LogP contribution is -2.41. The number of hydrogen-bond donors (Lipinski definition) is 3. The van der Waals surface area contributed by atoms with Crippen molar-refractivity contribution < 1.29 is 24.3 Å². The number of aliphatic carboxylic acids is 1. The minimum absolute atomic E-state index is 0.0111. The summed E-state index contributed by atoms with van der Waals surface area (Å²) in [4.78, 5) is 46.7. The summed E-state index contributed by atoms with van der Waals surface area (Å²) in [6, 6.07) is 0.291. The summed E-state index contributed by atoms with van der Waals surface area (Å²) in [5.41, 5.74) is 0. The quantitative estimate of drug-likeness (QED) is 0.538. The highest BCUT2D eigenvalue weighted by molar-refractivity contribution is 5.92. The molecule has 2 rings (SSSR count). The van der Waals surface area contributed by atoms with Gasteiger partial charge < -0.3 is 20.6 Å². The van der Waals surface area contributed by atoms with Crippen molar-refractivity contribution in [3.05, 3.63) is 0 Å². The van der Waals surface area contributed by atoms with Gasteiger partial charge in [-0.25, -0.2) is 0 Å². The first kappa shape index (κ1) is 14.3. The number of rotatable bonds is 6. The van der Waals surface area contributed by atoms with E-state index in [0.717, 1.165) is 12.8 Å². The number of carboxylic acid groups (broad SMARTS) is 1. The predicted molar refractivity (Wildman–Crippen MR) is 66.5 cm³/mol. The van der Waals surface area contributed by atoms with Crippen molar-refractivity contribution in [2.75, 3.05) is 19.6 Å². The van der Waals surface area contributed by atoms with Crippen LogP contribution in [0.2, 0.25) is 0 Å². The van der Waals surface area contributed by atoms with Crippen molar-refractivity contribution in [1.29, 1.82) is 0 Å². The van der Waals surface area contributed by atoms with Crippen LogP contribution in [-0.2, 0) is 19.2 Å². The molecule has 8 nitrogen and oxygen atoms in total. The van der Waals surface area contributed by atoms with Crippen LogP contribution in [-0.4, -0.2) is 59.4 Å². The zero-order valence-electron chi connectivity index (χ0n) is 10.9. The Morgan fingerprint density at radius 1 is 1.20 bits per heavy atom. The maximum Gasteiger partial charge on any atom is 0.322 e. The molecule has 1 saturated carbocycles. The molecule has 3 amide bonds. The molecule has 1 saturated heterocycles. The highest BCUT2D eigenvalue weighted by Crippen LogP contribution is 2.32. The zero-order valence-corrected chi connectivity index (χ0v) is 10.9. The molecule has 0 radical (unpaired) electrons. The molecule has 1 aliphatic carbocycles. The van der Waals surface area contributed by atoms with E-state index in [1.54, 1.807) is 4.90 Å². The van der Waals surface area contributed by atoms with Gasteiger partial charge in [0, 0.05) is 19.0 Å². The van der Waals surface area contributed by atoms with Gasteiger partial charge in [0.05, 0.1) is 12.5 Å². The Morgan fingerprint density at radius 3 is 2.50 bits per heavy atom. The van der Waals surface area contributed by atoms with Gasteiger partial charge in [-0.05, 0) is 12.8 Å². The number of hydrogen-bond acceptors (Lipinski definition) is 4. The third-order valence-electron chi connectivity index (χ3n) is 3.38. The van der Waals surface area contributed by atoms with Crippen LogP contribution in [0, 0.1) is 5.92 Å². The largest absolute Gasteiger partial charge is 0.480 e. The number of likely N-dealkylation sites (tertiary alicyclic amines) is 1. The number of carbonyl (C=O) groups excluding carboxylic acids is 3. The third kappa shape index (κ3) is 3.69. The fraction of sp³-hybridized carbons (Fsp3) is 0.667. The summed E-state index contributed by atoms with van der Waals surface area (Å²) in [5, 5.41) is 13.0. The van der Waals surface area contributed by atoms with Gasteiger partial charge in [-0.3, -0.25) is 19.2 Å². The Morgan fingerprint density at radius 2 is 1.90 bits per heavy atom. The number of carbonyl (C=O) groups is 4. The molecule has 0 spiro atoms. The molecule has 2 aliphatic rings. The summed E-state index contributed by atoms with van der Waals surface area (Å²) in [5.74, 6) is -2.49. The average molecular weight is 283 g/mol. The summed E-state index contributed by atoms with van der Waals surface area (Å²) < 4.78 is 0. The molecule has 2 fully saturated rings. The van der Waals surface area contributed by atoms with Crippen molar-refractivity contribution >= 4 is 23.7 Å². The van der Waals surface area contributed by atoms with E-state index in [1.165, 1.54) is 0 Å². The van der Waals surface area contributed by atoms with Crippen LogP contribution in [0.1, 0.15) is 19.3 Å². The molecule has 0 aromatic heterocycles. The minimum Gasteiger partial charge on any atom is -0.480 e. The van der Waals surface area contributed by atoms with Gasteiger partial charge in [0.25, 0.3) is 0 Å². The van der Waals surface area contributed by atoms with Crippen LogP contribution in [0.15, 0.2) is 0 Å². The first-order chi connectivity index (χ1) is 9.47. The smallest absolute Gasteiger partial charge is 0.322 e. The maximum atomic E-state index is 11.8. The van der Waals surface area contributed by atoms with Crippen LogP contribution in [0.5, 0.6) is 0 Å². The fourth-order valence-corrected chi connectivity index (χ4v) is 2.19. The van der Waals surface area contributed by atoms with Crippen molar-refractivity contribution in [2.45, 2.75) is 25.3 Å². The van der Waals surface area contributed by atoms with Crippen molar-refractivity contribution in [1.82, 2.24) is 15.5 Å². The molecule has 1 unspecified atom stereocenters. The van der Waals surface area contributed by atoms with Gasteiger partial charge in [0.2, 0.25) is 17.7 Å². The number of amides is 3. The Kier molecular flexibility index (Phi) is 4.21. The predicted octanol–water partition coefficient (Wildman–Crippen LogP) is -1.69. The van der Waals surface area contributed by atoms with Crippen LogP contribution >= 0.6 is 0 Å². The van der Waals surface area contributed by atoms with Crippen molar-refractivity contribution in [3.8, 4) is 0 Å². The van der Waals surface area contributed by atoms with E-state index in [1.807, 2.05) is 0 Å². The molecular weight excluding hydrogens is 266 g/mol. The first-order valence-electron chi connectivity index (χ1n) is 6.53. The second-order valence-corrected chi connectivity index (χ2v) is 5.07. The summed E-state index contributed by atoms with van der Waals surface area (Å²) >= 11 is 0. The average Bonchev–Trinajstić information content (AvgIpc) is 3.16. The summed E-state index contributed by atoms with van der Waals surface area (Å²) in [7, 11) is 0. The van der Waals surface area contributed by atoms with E-state index in [9.17, 15) is 19.2 Å². The van der Waals surface area contributed by atoms with Gasteiger partial charge in [0.15, 0.2) is 0 Å². The van der Waals surface area contributed by atoms with E-state index in [-0.39, 0.29) is 24.8 Å². The second-order valence-electron chi connectivity index (χ2n) is 5.07. The Balaban J connectivity index is 1.71. The molecule has 0 bridgehead atoms. The van der Waals surface area contributed by atoms with Gasteiger partial charge in [-0.15, -0.1) is 0 Å². The minimum atomic E-state index is -1.15. The fourth-order valence-electron chi connectivity index (χ4n) is 2.19.